The Hall–Kier alpha value is -2.83. The van der Waals surface area contributed by atoms with Crippen LogP contribution in [0.3, 0.4) is 0 Å². The quantitative estimate of drug-likeness (QED) is 0.558. The maximum absolute atomic E-state index is 13.3. The lowest BCUT2D eigenvalue weighted by molar-refractivity contribution is -0.137. The molecule has 0 aliphatic rings. The number of aromatic nitrogens is 2. The number of halogens is 3. The number of rotatable bonds is 7. The normalized spacial score (nSPS) is 12.9. The molecule has 0 spiro atoms. The van der Waals surface area contributed by atoms with Gasteiger partial charge in [0.25, 0.3) is 0 Å². The summed E-state index contributed by atoms with van der Waals surface area (Å²) in [5.41, 5.74) is 2.08. The first-order valence-corrected chi connectivity index (χ1v) is 9.67. The summed E-state index contributed by atoms with van der Waals surface area (Å²) < 4.78 is 41.6. The molecular weight excluding hydrogens is 379 g/mol. The molecule has 1 N–H and O–H groups in total. The zero-order valence-corrected chi connectivity index (χ0v) is 16.5. The van der Waals surface area contributed by atoms with Gasteiger partial charge in [0.1, 0.15) is 5.65 Å². The Morgan fingerprint density at radius 2 is 2.03 bits per heavy atom. The highest BCUT2D eigenvalue weighted by Crippen LogP contribution is 2.34. The molecule has 1 aromatic carbocycles. The van der Waals surface area contributed by atoms with Crippen LogP contribution in [0.4, 0.5) is 13.2 Å². The Morgan fingerprint density at radius 3 is 2.76 bits per heavy atom. The molecule has 29 heavy (non-hydrogen) atoms. The molecule has 1 unspecified atom stereocenters. The minimum Gasteiger partial charge on any atom is -0.356 e. The summed E-state index contributed by atoms with van der Waals surface area (Å²) in [5, 5.41) is 2.86. The predicted molar refractivity (Wildman–Crippen MR) is 106 cm³/mol. The van der Waals surface area contributed by atoms with Crippen LogP contribution in [0.2, 0.25) is 0 Å². The molecular formula is C22H24F3N3O. The minimum absolute atomic E-state index is 0.0484. The fraction of sp³-hybridized carbons (Fsp3) is 0.364. The van der Waals surface area contributed by atoms with Crippen molar-refractivity contribution < 1.29 is 18.0 Å². The Bertz CT molecular complexity index is 994. The molecule has 0 fully saturated rings. The zero-order valence-electron chi connectivity index (χ0n) is 16.5. The monoisotopic (exact) mass is 403 g/mol. The summed E-state index contributed by atoms with van der Waals surface area (Å²) in [5.74, 6) is -0.737. The summed E-state index contributed by atoms with van der Waals surface area (Å²) in [6, 6.07) is 8.96. The summed E-state index contributed by atoms with van der Waals surface area (Å²) in [6.45, 7) is 4.50. The van der Waals surface area contributed by atoms with Crippen molar-refractivity contribution in [2.75, 3.05) is 6.54 Å². The molecule has 1 atom stereocenters. The molecule has 4 nitrogen and oxygen atoms in total. The van der Waals surface area contributed by atoms with E-state index in [-0.39, 0.29) is 12.3 Å². The number of hydrogen-bond donors (Lipinski definition) is 1. The highest BCUT2D eigenvalue weighted by molar-refractivity contribution is 5.77. The van der Waals surface area contributed by atoms with Crippen molar-refractivity contribution in [2.45, 2.75) is 45.2 Å². The van der Waals surface area contributed by atoms with Gasteiger partial charge in [0.2, 0.25) is 5.91 Å². The van der Waals surface area contributed by atoms with E-state index in [4.69, 9.17) is 0 Å². The predicted octanol–water partition coefficient (Wildman–Crippen LogP) is 5.10. The molecule has 7 heteroatoms. The Labute approximate surface area is 167 Å². The molecule has 2 aromatic heterocycles. The maximum Gasteiger partial charge on any atom is 0.416 e. The molecule has 0 radical (unpaired) electrons. The molecule has 1 amide bonds. The summed E-state index contributed by atoms with van der Waals surface area (Å²) in [4.78, 5) is 16.9. The SMILES string of the molecule is CCCCNC(=O)CC(c1cccc(C(F)(F)F)c1)c1cnc2c(C)cccn12. The highest BCUT2D eigenvalue weighted by Gasteiger charge is 2.32. The smallest absolute Gasteiger partial charge is 0.356 e. The van der Waals surface area contributed by atoms with Gasteiger partial charge in [-0.1, -0.05) is 37.6 Å². The number of benzene rings is 1. The number of carbonyl (C=O) groups excluding carboxylic acids is 1. The standard InChI is InChI=1S/C22H24F3N3O/c1-3-4-10-26-20(29)13-18(16-8-5-9-17(12-16)22(23,24)25)19-14-27-21-15(2)7-6-11-28(19)21/h5-9,11-12,14,18H,3-4,10,13H2,1-2H3,(H,26,29). The molecule has 0 saturated carbocycles. The van der Waals surface area contributed by atoms with Crippen LogP contribution >= 0.6 is 0 Å². The molecule has 0 bridgehead atoms. The van der Waals surface area contributed by atoms with Crippen molar-refractivity contribution in [3.8, 4) is 0 Å². The zero-order chi connectivity index (χ0) is 21.0. The molecule has 0 saturated heterocycles. The number of hydrogen-bond acceptors (Lipinski definition) is 2. The van der Waals surface area contributed by atoms with Gasteiger partial charge in [0.05, 0.1) is 11.3 Å². The fourth-order valence-electron chi connectivity index (χ4n) is 3.42. The van der Waals surface area contributed by atoms with E-state index in [1.54, 1.807) is 12.3 Å². The first-order valence-electron chi connectivity index (χ1n) is 9.67. The number of aryl methyl sites for hydroxylation is 1. The van der Waals surface area contributed by atoms with Crippen molar-refractivity contribution in [2.24, 2.45) is 0 Å². The largest absolute Gasteiger partial charge is 0.416 e. The molecule has 3 rings (SSSR count). The van der Waals surface area contributed by atoms with E-state index in [1.807, 2.05) is 36.6 Å². The molecule has 0 aliphatic heterocycles. The lowest BCUT2D eigenvalue weighted by atomic mass is 9.91. The van der Waals surface area contributed by atoms with Crippen molar-refractivity contribution in [3.05, 3.63) is 71.2 Å². The van der Waals surface area contributed by atoms with Crippen LogP contribution in [0, 0.1) is 6.92 Å². The Kier molecular flexibility index (Phi) is 6.25. The number of nitrogens with one attached hydrogen (secondary N) is 1. The molecule has 3 aromatic rings. The van der Waals surface area contributed by atoms with E-state index < -0.39 is 17.7 Å². The van der Waals surface area contributed by atoms with Crippen LogP contribution in [0.15, 0.2) is 48.8 Å². The van der Waals surface area contributed by atoms with E-state index >= 15 is 0 Å². The Morgan fingerprint density at radius 1 is 1.24 bits per heavy atom. The summed E-state index contributed by atoms with van der Waals surface area (Å²) in [6.07, 6.45) is 0.873. The van der Waals surface area contributed by atoms with Crippen LogP contribution in [0.1, 0.15) is 54.5 Å². The molecule has 2 heterocycles. The number of fused-ring (bicyclic) bond motifs is 1. The van der Waals surface area contributed by atoms with Gasteiger partial charge in [0, 0.05) is 31.3 Å². The van der Waals surface area contributed by atoms with Gasteiger partial charge in [-0.15, -0.1) is 0 Å². The van der Waals surface area contributed by atoms with E-state index in [0.717, 1.165) is 36.2 Å². The van der Waals surface area contributed by atoms with E-state index in [2.05, 4.69) is 10.3 Å². The first kappa shape index (κ1) is 20.9. The number of imidazole rings is 1. The van der Waals surface area contributed by atoms with E-state index in [0.29, 0.717) is 17.8 Å². The van der Waals surface area contributed by atoms with Crippen LogP contribution in [-0.4, -0.2) is 21.8 Å². The number of nitrogens with zero attached hydrogens (tertiary/aromatic N) is 2. The first-order chi connectivity index (χ1) is 13.8. The molecule has 0 aliphatic carbocycles. The van der Waals surface area contributed by atoms with Crippen molar-refractivity contribution in [3.63, 3.8) is 0 Å². The lowest BCUT2D eigenvalue weighted by Crippen LogP contribution is -2.26. The third-order valence-corrected chi connectivity index (χ3v) is 4.97. The average molecular weight is 403 g/mol. The van der Waals surface area contributed by atoms with Crippen LogP contribution in [0.25, 0.3) is 5.65 Å². The Balaban J connectivity index is 2.02. The summed E-state index contributed by atoms with van der Waals surface area (Å²) >= 11 is 0. The second-order valence-corrected chi connectivity index (χ2v) is 7.15. The van der Waals surface area contributed by atoms with Gasteiger partial charge < -0.3 is 9.72 Å². The van der Waals surface area contributed by atoms with Crippen LogP contribution in [0.5, 0.6) is 0 Å². The second-order valence-electron chi connectivity index (χ2n) is 7.15. The molecule has 154 valence electrons. The van der Waals surface area contributed by atoms with Gasteiger partial charge in [-0.25, -0.2) is 4.98 Å². The van der Waals surface area contributed by atoms with Gasteiger partial charge in [-0.2, -0.15) is 13.2 Å². The average Bonchev–Trinajstić information content (AvgIpc) is 3.11. The maximum atomic E-state index is 13.3. The van der Waals surface area contributed by atoms with Crippen molar-refractivity contribution in [1.82, 2.24) is 14.7 Å². The fourth-order valence-corrected chi connectivity index (χ4v) is 3.42. The van der Waals surface area contributed by atoms with Crippen molar-refractivity contribution >= 4 is 11.6 Å². The van der Waals surface area contributed by atoms with Gasteiger partial charge in [-0.05, 0) is 36.6 Å². The van der Waals surface area contributed by atoms with E-state index in [9.17, 15) is 18.0 Å². The summed E-state index contributed by atoms with van der Waals surface area (Å²) in [7, 11) is 0. The van der Waals surface area contributed by atoms with Crippen LogP contribution in [-0.2, 0) is 11.0 Å². The highest BCUT2D eigenvalue weighted by atomic mass is 19.4. The van der Waals surface area contributed by atoms with Gasteiger partial charge >= 0.3 is 6.18 Å². The van der Waals surface area contributed by atoms with Crippen LogP contribution < -0.4 is 5.32 Å². The van der Waals surface area contributed by atoms with Crippen molar-refractivity contribution in [1.29, 1.82) is 0 Å². The van der Waals surface area contributed by atoms with Gasteiger partial charge in [-0.3, -0.25) is 4.79 Å². The number of unbranched alkanes of at least 4 members (excludes halogenated alkanes) is 1. The number of carbonyl (C=O) groups is 1. The number of amides is 1. The number of pyridine rings is 1. The van der Waals surface area contributed by atoms with Gasteiger partial charge in [0.15, 0.2) is 0 Å². The minimum atomic E-state index is -4.44. The third kappa shape index (κ3) is 4.78. The lowest BCUT2D eigenvalue weighted by Gasteiger charge is -2.19. The second kappa shape index (κ2) is 8.68. The van der Waals surface area contributed by atoms with E-state index in [1.165, 1.54) is 6.07 Å². The topological polar surface area (TPSA) is 46.4 Å². The number of alkyl halides is 3. The third-order valence-electron chi connectivity index (χ3n) is 4.97.